The minimum Gasteiger partial charge on any atom is -0.341 e. The topological polar surface area (TPSA) is 53.5 Å². The molecule has 24 heavy (non-hydrogen) atoms. The normalized spacial score (nSPS) is 21.1. The van der Waals surface area contributed by atoms with E-state index in [1.807, 2.05) is 17.0 Å². The summed E-state index contributed by atoms with van der Waals surface area (Å²) in [4.78, 5) is 33.8. The highest BCUT2D eigenvalue weighted by Crippen LogP contribution is 2.23. The number of hydrogen-bond donors (Lipinski definition) is 0. The fourth-order valence-corrected chi connectivity index (χ4v) is 4.07. The molecule has 0 aliphatic carbocycles. The molecule has 2 aliphatic rings. The van der Waals surface area contributed by atoms with Crippen LogP contribution >= 0.6 is 11.8 Å². The molecule has 6 heteroatoms. The second-order valence-electron chi connectivity index (χ2n) is 6.36. The summed E-state index contributed by atoms with van der Waals surface area (Å²) < 4.78 is 0. The summed E-state index contributed by atoms with van der Waals surface area (Å²) in [5, 5.41) is 0.928. The minimum atomic E-state index is -0.297. The van der Waals surface area contributed by atoms with Crippen LogP contribution in [0.5, 0.6) is 0 Å². The largest absolute Gasteiger partial charge is 0.341 e. The summed E-state index contributed by atoms with van der Waals surface area (Å²) in [6.45, 7) is 4.41. The molecule has 1 aromatic heterocycles. The molecule has 130 valence electrons. The number of carbonyl (C=O) groups is 2. The van der Waals surface area contributed by atoms with Gasteiger partial charge in [0.05, 0.1) is 10.6 Å². The summed E-state index contributed by atoms with van der Waals surface area (Å²) in [6, 6.07) is 3.43. The fourth-order valence-electron chi connectivity index (χ4n) is 3.49. The Kier molecular flexibility index (Phi) is 5.76. The zero-order valence-electron chi connectivity index (χ0n) is 14.2. The van der Waals surface area contributed by atoms with Gasteiger partial charge < -0.3 is 9.80 Å². The number of amides is 2. The van der Waals surface area contributed by atoms with E-state index in [0.29, 0.717) is 12.1 Å². The SMILES string of the molecule is CCSc1ccc(C(=O)N2CCCC[C@H]2C(=O)N2CCCC2)cn1. The Hall–Kier alpha value is -1.56. The first-order valence-electron chi connectivity index (χ1n) is 8.89. The van der Waals surface area contributed by atoms with Gasteiger partial charge in [-0.1, -0.05) is 6.92 Å². The van der Waals surface area contributed by atoms with Gasteiger partial charge in [-0.15, -0.1) is 11.8 Å². The maximum absolute atomic E-state index is 12.9. The summed E-state index contributed by atoms with van der Waals surface area (Å²) in [7, 11) is 0. The van der Waals surface area contributed by atoms with Crippen LogP contribution in [0.15, 0.2) is 23.4 Å². The van der Waals surface area contributed by atoms with E-state index in [2.05, 4.69) is 11.9 Å². The van der Waals surface area contributed by atoms with Crippen molar-refractivity contribution in [3.05, 3.63) is 23.9 Å². The lowest BCUT2D eigenvalue weighted by molar-refractivity contribution is -0.136. The predicted octanol–water partition coefficient (Wildman–Crippen LogP) is 2.81. The van der Waals surface area contributed by atoms with Crippen LogP contribution in [0.2, 0.25) is 0 Å². The summed E-state index contributed by atoms with van der Waals surface area (Å²) >= 11 is 1.66. The zero-order valence-corrected chi connectivity index (χ0v) is 15.1. The quantitative estimate of drug-likeness (QED) is 0.786. The molecule has 0 bridgehead atoms. The van der Waals surface area contributed by atoms with Gasteiger partial charge >= 0.3 is 0 Å². The van der Waals surface area contributed by atoms with Crippen LogP contribution in [0.3, 0.4) is 0 Å². The molecule has 0 spiro atoms. The Morgan fingerprint density at radius 2 is 1.92 bits per heavy atom. The minimum absolute atomic E-state index is 0.0622. The van der Waals surface area contributed by atoms with Gasteiger partial charge in [0, 0.05) is 25.8 Å². The summed E-state index contributed by atoms with van der Waals surface area (Å²) in [5.74, 6) is 1.03. The van der Waals surface area contributed by atoms with E-state index in [1.165, 1.54) is 0 Å². The van der Waals surface area contributed by atoms with E-state index >= 15 is 0 Å². The second kappa shape index (κ2) is 8.01. The maximum Gasteiger partial charge on any atom is 0.256 e. The first-order chi connectivity index (χ1) is 11.7. The molecule has 0 saturated carbocycles. The summed E-state index contributed by atoms with van der Waals surface area (Å²) in [5.41, 5.74) is 0.580. The number of rotatable bonds is 4. The number of hydrogen-bond acceptors (Lipinski definition) is 4. The number of nitrogens with zero attached hydrogens (tertiary/aromatic N) is 3. The molecule has 0 radical (unpaired) electrons. The predicted molar refractivity (Wildman–Crippen MR) is 95.1 cm³/mol. The van der Waals surface area contributed by atoms with Crippen LogP contribution in [-0.4, -0.2) is 58.0 Å². The smallest absolute Gasteiger partial charge is 0.256 e. The molecule has 1 aromatic rings. The first-order valence-corrected chi connectivity index (χ1v) is 9.88. The van der Waals surface area contributed by atoms with Gasteiger partial charge in [0.15, 0.2) is 0 Å². The molecule has 0 unspecified atom stereocenters. The van der Waals surface area contributed by atoms with E-state index in [4.69, 9.17) is 0 Å². The van der Waals surface area contributed by atoms with Crippen molar-refractivity contribution in [2.24, 2.45) is 0 Å². The van der Waals surface area contributed by atoms with Crippen molar-refractivity contribution in [3.8, 4) is 0 Å². The molecule has 5 nitrogen and oxygen atoms in total. The van der Waals surface area contributed by atoms with E-state index < -0.39 is 0 Å². The van der Waals surface area contributed by atoms with Crippen LogP contribution in [0, 0.1) is 0 Å². The van der Waals surface area contributed by atoms with Crippen LogP contribution in [0.4, 0.5) is 0 Å². The Labute approximate surface area is 147 Å². The van der Waals surface area contributed by atoms with E-state index in [-0.39, 0.29) is 17.9 Å². The van der Waals surface area contributed by atoms with E-state index in [1.54, 1.807) is 22.9 Å². The molecule has 2 amide bonds. The Morgan fingerprint density at radius 1 is 1.17 bits per heavy atom. The summed E-state index contributed by atoms with van der Waals surface area (Å²) in [6.07, 6.45) is 6.55. The van der Waals surface area contributed by atoms with Gasteiger partial charge in [0.25, 0.3) is 5.91 Å². The van der Waals surface area contributed by atoms with Crippen LogP contribution < -0.4 is 0 Å². The van der Waals surface area contributed by atoms with E-state index in [9.17, 15) is 9.59 Å². The highest BCUT2D eigenvalue weighted by molar-refractivity contribution is 7.99. The van der Waals surface area contributed by atoms with Crippen molar-refractivity contribution in [1.82, 2.24) is 14.8 Å². The Balaban J connectivity index is 1.74. The van der Waals surface area contributed by atoms with Gasteiger partial charge in [0.1, 0.15) is 6.04 Å². The average Bonchev–Trinajstić information content (AvgIpc) is 3.16. The van der Waals surface area contributed by atoms with Crippen molar-refractivity contribution in [2.45, 2.75) is 50.1 Å². The number of aromatic nitrogens is 1. The Morgan fingerprint density at radius 3 is 2.58 bits per heavy atom. The fraction of sp³-hybridized carbons (Fsp3) is 0.611. The molecule has 3 heterocycles. The van der Waals surface area contributed by atoms with Crippen molar-refractivity contribution in [3.63, 3.8) is 0 Å². The second-order valence-corrected chi connectivity index (χ2v) is 7.64. The average molecular weight is 347 g/mol. The maximum atomic E-state index is 12.9. The van der Waals surface area contributed by atoms with E-state index in [0.717, 1.165) is 56.0 Å². The third-order valence-corrected chi connectivity index (χ3v) is 5.57. The Bertz CT molecular complexity index is 584. The van der Waals surface area contributed by atoms with Crippen molar-refractivity contribution >= 4 is 23.6 Å². The molecule has 2 fully saturated rings. The lowest BCUT2D eigenvalue weighted by atomic mass is 10.00. The number of piperidine rings is 1. The van der Waals surface area contributed by atoms with Gasteiger partial charge in [-0.2, -0.15) is 0 Å². The number of carbonyl (C=O) groups excluding carboxylic acids is 2. The van der Waals surface area contributed by atoms with Gasteiger partial charge in [0.2, 0.25) is 5.91 Å². The van der Waals surface area contributed by atoms with Gasteiger partial charge in [-0.05, 0) is 50.0 Å². The first kappa shape index (κ1) is 17.3. The third-order valence-electron chi connectivity index (χ3n) is 4.74. The number of thioether (sulfide) groups is 1. The molecule has 2 saturated heterocycles. The standard InChI is InChI=1S/C18H25N3O2S/c1-2-24-16-9-8-14(13-19-16)17(22)21-12-4-3-7-15(21)18(23)20-10-5-6-11-20/h8-9,13,15H,2-7,10-12H2,1H3/t15-/m0/s1. The molecule has 2 aliphatic heterocycles. The van der Waals surface area contributed by atoms with Crippen LogP contribution in [-0.2, 0) is 4.79 Å². The highest BCUT2D eigenvalue weighted by atomic mass is 32.2. The molecule has 3 rings (SSSR count). The highest BCUT2D eigenvalue weighted by Gasteiger charge is 2.35. The third kappa shape index (κ3) is 3.74. The van der Waals surface area contributed by atoms with Gasteiger partial charge in [-0.3, -0.25) is 9.59 Å². The van der Waals surface area contributed by atoms with Crippen LogP contribution in [0.25, 0.3) is 0 Å². The van der Waals surface area contributed by atoms with Gasteiger partial charge in [-0.25, -0.2) is 4.98 Å². The number of likely N-dealkylation sites (tertiary alicyclic amines) is 2. The lowest BCUT2D eigenvalue weighted by Crippen LogP contribution is -2.52. The monoisotopic (exact) mass is 347 g/mol. The molecule has 1 atom stereocenters. The number of pyridine rings is 1. The lowest BCUT2D eigenvalue weighted by Gasteiger charge is -2.36. The molecule has 0 aromatic carbocycles. The van der Waals surface area contributed by atoms with Crippen molar-refractivity contribution in [1.29, 1.82) is 0 Å². The van der Waals surface area contributed by atoms with Crippen LogP contribution in [0.1, 0.15) is 49.4 Å². The van der Waals surface area contributed by atoms with Crippen molar-refractivity contribution < 1.29 is 9.59 Å². The molecular weight excluding hydrogens is 322 g/mol. The zero-order chi connectivity index (χ0) is 16.9. The molecule has 0 N–H and O–H groups in total. The van der Waals surface area contributed by atoms with Crippen molar-refractivity contribution in [2.75, 3.05) is 25.4 Å². The molecular formula is C18H25N3O2S.